The van der Waals surface area contributed by atoms with Crippen LogP contribution >= 0.6 is 11.3 Å². The van der Waals surface area contributed by atoms with Crippen molar-refractivity contribution in [3.8, 4) is 11.4 Å². The summed E-state index contributed by atoms with van der Waals surface area (Å²) in [5.74, 6) is 1.75. The van der Waals surface area contributed by atoms with Crippen molar-refractivity contribution in [2.45, 2.75) is 13.5 Å². The number of morpholine rings is 1. The number of H-pyrrole nitrogens is 1. The van der Waals surface area contributed by atoms with Crippen LogP contribution in [-0.2, 0) is 16.0 Å². The van der Waals surface area contributed by atoms with E-state index in [2.05, 4.69) is 44.1 Å². The molecule has 1 aromatic carbocycles. The molecule has 5 heterocycles. The number of aromatic nitrogens is 5. The number of anilines is 2. The number of benzene rings is 1. The van der Waals surface area contributed by atoms with Gasteiger partial charge in [0, 0.05) is 60.1 Å². The lowest BCUT2D eigenvalue weighted by Gasteiger charge is -2.28. The van der Waals surface area contributed by atoms with E-state index in [9.17, 15) is 4.79 Å². The third kappa shape index (κ3) is 4.66. The van der Waals surface area contributed by atoms with Crippen LogP contribution in [0.2, 0.25) is 0 Å². The molecule has 4 aromatic heterocycles. The average molecular weight is 530 g/mol. The van der Waals surface area contributed by atoms with E-state index < -0.39 is 5.97 Å². The number of fused-ring (bicyclic) bond motifs is 2. The Morgan fingerprint density at radius 3 is 2.79 bits per heavy atom. The Morgan fingerprint density at radius 2 is 2.00 bits per heavy atom. The lowest BCUT2D eigenvalue weighted by molar-refractivity contribution is 0.0525. The number of ether oxygens (including phenoxy) is 2. The first-order chi connectivity index (χ1) is 18.6. The Kier molecular flexibility index (Phi) is 6.61. The fraction of sp³-hybridized carbons (Fsp3) is 0.296. The van der Waals surface area contributed by atoms with Crippen LogP contribution in [0.3, 0.4) is 0 Å². The molecule has 1 saturated heterocycles. The van der Waals surface area contributed by atoms with Gasteiger partial charge >= 0.3 is 5.97 Å². The molecule has 1 fully saturated rings. The van der Waals surface area contributed by atoms with Crippen LogP contribution < -0.4 is 9.80 Å². The van der Waals surface area contributed by atoms with Crippen molar-refractivity contribution < 1.29 is 14.3 Å². The smallest absolute Gasteiger partial charge is 0.341 e. The molecule has 0 spiro atoms. The highest BCUT2D eigenvalue weighted by Crippen LogP contribution is 2.36. The maximum absolute atomic E-state index is 11.9. The van der Waals surface area contributed by atoms with Gasteiger partial charge in [-0.05, 0) is 25.1 Å². The fourth-order valence-electron chi connectivity index (χ4n) is 4.58. The van der Waals surface area contributed by atoms with Gasteiger partial charge in [-0.25, -0.2) is 24.7 Å². The lowest BCUT2D eigenvalue weighted by Crippen LogP contribution is -2.36. The number of nitrogens with one attached hydrogen (secondary N) is 1. The molecule has 38 heavy (non-hydrogen) atoms. The van der Waals surface area contributed by atoms with Gasteiger partial charge < -0.3 is 24.3 Å². The Morgan fingerprint density at radius 1 is 1.18 bits per heavy atom. The molecule has 6 rings (SSSR count). The van der Waals surface area contributed by atoms with Gasteiger partial charge in [0.25, 0.3) is 0 Å². The molecule has 0 bridgehead atoms. The third-order valence-corrected chi connectivity index (χ3v) is 7.54. The van der Waals surface area contributed by atoms with E-state index in [1.165, 1.54) is 12.4 Å². The number of hydrogen-bond donors (Lipinski definition) is 1. The lowest BCUT2D eigenvalue weighted by atomic mass is 10.1. The van der Waals surface area contributed by atoms with E-state index >= 15 is 0 Å². The molecule has 0 radical (unpaired) electrons. The number of aromatic amines is 1. The van der Waals surface area contributed by atoms with Crippen molar-refractivity contribution in [3.05, 3.63) is 59.4 Å². The van der Waals surface area contributed by atoms with Gasteiger partial charge in [0.1, 0.15) is 0 Å². The summed E-state index contributed by atoms with van der Waals surface area (Å²) in [6, 6.07) is 10.3. The van der Waals surface area contributed by atoms with E-state index in [-0.39, 0.29) is 0 Å². The predicted octanol–water partition coefficient (Wildman–Crippen LogP) is 4.28. The number of rotatable bonds is 7. The third-order valence-electron chi connectivity index (χ3n) is 6.44. The van der Waals surface area contributed by atoms with E-state index in [0.717, 1.165) is 50.5 Å². The fourth-order valence-corrected chi connectivity index (χ4v) is 5.74. The molecule has 10 nitrogen and oxygen atoms in total. The van der Waals surface area contributed by atoms with Crippen LogP contribution in [-0.4, -0.2) is 70.8 Å². The van der Waals surface area contributed by atoms with Crippen molar-refractivity contribution in [3.63, 3.8) is 0 Å². The van der Waals surface area contributed by atoms with Crippen LogP contribution in [0.25, 0.3) is 32.5 Å². The van der Waals surface area contributed by atoms with Gasteiger partial charge in [-0.1, -0.05) is 12.1 Å². The SMILES string of the molecule is CCOC(=O)c1cnc(N(C)Cc2cc3nc(-c4cccc5[nH]ccc45)nc(N4CCOCC4)c3s2)nc1. The summed E-state index contributed by atoms with van der Waals surface area (Å²) in [5, 5.41) is 1.10. The Hall–Kier alpha value is -4.09. The molecule has 194 valence electrons. The van der Waals surface area contributed by atoms with Gasteiger partial charge in [0.05, 0.1) is 42.1 Å². The van der Waals surface area contributed by atoms with Gasteiger partial charge in [-0.15, -0.1) is 11.3 Å². The number of nitrogens with zero attached hydrogens (tertiary/aromatic N) is 6. The van der Waals surface area contributed by atoms with Crippen LogP contribution in [0.5, 0.6) is 0 Å². The summed E-state index contributed by atoms with van der Waals surface area (Å²) in [6.45, 7) is 5.59. The van der Waals surface area contributed by atoms with Crippen molar-refractivity contribution in [2.75, 3.05) is 49.8 Å². The van der Waals surface area contributed by atoms with E-state index in [1.54, 1.807) is 18.3 Å². The highest BCUT2D eigenvalue weighted by molar-refractivity contribution is 7.19. The second-order valence-corrected chi connectivity index (χ2v) is 10.1. The first-order valence-corrected chi connectivity index (χ1v) is 13.3. The summed E-state index contributed by atoms with van der Waals surface area (Å²) in [6.07, 6.45) is 4.94. The molecular formula is C27H27N7O3S. The van der Waals surface area contributed by atoms with E-state index in [1.807, 2.05) is 24.2 Å². The molecule has 5 aromatic rings. The van der Waals surface area contributed by atoms with E-state index in [4.69, 9.17) is 19.4 Å². The van der Waals surface area contributed by atoms with Crippen LogP contribution in [0.1, 0.15) is 22.2 Å². The first-order valence-electron chi connectivity index (χ1n) is 12.5. The standard InChI is InChI=1S/C27H27N7O3S/c1-3-37-26(35)17-14-29-27(30-15-17)33(2)16-18-13-22-23(38-18)25(34-9-11-36-12-10-34)32-24(31-22)20-5-4-6-21-19(20)7-8-28-21/h4-8,13-15,28H,3,9-12,16H2,1-2H3. The zero-order valence-electron chi connectivity index (χ0n) is 21.2. The molecule has 0 unspecified atom stereocenters. The number of hydrogen-bond acceptors (Lipinski definition) is 10. The minimum atomic E-state index is -0.424. The highest BCUT2D eigenvalue weighted by atomic mass is 32.1. The minimum absolute atomic E-state index is 0.309. The highest BCUT2D eigenvalue weighted by Gasteiger charge is 2.21. The zero-order chi connectivity index (χ0) is 26.1. The first kappa shape index (κ1) is 24.3. The summed E-state index contributed by atoms with van der Waals surface area (Å²) in [5.41, 5.74) is 3.30. The molecule has 0 saturated carbocycles. The zero-order valence-corrected chi connectivity index (χ0v) is 22.0. The van der Waals surface area contributed by atoms with Crippen LogP contribution in [0.4, 0.5) is 11.8 Å². The van der Waals surface area contributed by atoms with Crippen LogP contribution in [0.15, 0.2) is 48.9 Å². The molecule has 11 heteroatoms. The average Bonchev–Trinajstić information content (AvgIpc) is 3.60. The van der Waals surface area contributed by atoms with Crippen molar-refractivity contribution >= 4 is 50.2 Å². The topological polar surface area (TPSA) is 109 Å². The van der Waals surface area contributed by atoms with Crippen molar-refractivity contribution in [1.82, 2.24) is 24.9 Å². The monoisotopic (exact) mass is 529 g/mol. The number of thiophene rings is 1. The maximum Gasteiger partial charge on any atom is 0.341 e. The van der Waals surface area contributed by atoms with Gasteiger partial charge in [0.15, 0.2) is 11.6 Å². The molecule has 0 aliphatic carbocycles. The predicted molar refractivity (Wildman–Crippen MR) is 148 cm³/mol. The Bertz CT molecular complexity index is 1590. The molecule has 1 N–H and O–H groups in total. The van der Waals surface area contributed by atoms with Crippen molar-refractivity contribution in [2.24, 2.45) is 0 Å². The molecule has 1 aliphatic heterocycles. The Labute approximate surface area is 223 Å². The molecular weight excluding hydrogens is 502 g/mol. The quantitative estimate of drug-likeness (QED) is 0.309. The normalized spacial score (nSPS) is 13.8. The molecule has 0 amide bonds. The number of carbonyl (C=O) groups excluding carboxylic acids is 1. The largest absolute Gasteiger partial charge is 0.462 e. The van der Waals surface area contributed by atoms with Gasteiger partial charge in [-0.3, -0.25) is 0 Å². The summed E-state index contributed by atoms with van der Waals surface area (Å²) in [4.78, 5) is 39.4. The van der Waals surface area contributed by atoms with Gasteiger partial charge in [0.2, 0.25) is 5.95 Å². The second-order valence-electron chi connectivity index (χ2n) is 8.99. The maximum atomic E-state index is 11.9. The molecule has 0 atom stereocenters. The summed E-state index contributed by atoms with van der Waals surface area (Å²) < 4.78 is 11.7. The van der Waals surface area contributed by atoms with Crippen LogP contribution in [0, 0.1) is 0 Å². The number of esters is 1. The minimum Gasteiger partial charge on any atom is -0.462 e. The summed E-state index contributed by atoms with van der Waals surface area (Å²) >= 11 is 1.68. The van der Waals surface area contributed by atoms with Crippen molar-refractivity contribution in [1.29, 1.82) is 0 Å². The number of carbonyl (C=O) groups is 1. The van der Waals surface area contributed by atoms with Gasteiger partial charge in [-0.2, -0.15) is 0 Å². The van der Waals surface area contributed by atoms with E-state index in [0.29, 0.717) is 43.7 Å². The summed E-state index contributed by atoms with van der Waals surface area (Å²) in [7, 11) is 1.93. The molecule has 1 aliphatic rings. The Balaban J connectivity index is 1.35. The second kappa shape index (κ2) is 10.3.